The van der Waals surface area contributed by atoms with Gasteiger partial charge in [0.05, 0.1) is 0 Å². The standard InChI is InChI=1S/C11H19N3O3/c12-3-6-13-4-1-9(2-5-13)14-10(15)7-17-8-11(14)16/h9H,1-8,12H2. The topological polar surface area (TPSA) is 75.9 Å². The molecule has 6 heteroatoms. The van der Waals surface area contributed by atoms with Gasteiger partial charge in [-0.15, -0.1) is 0 Å². The molecule has 2 rings (SSSR count). The molecule has 0 aromatic rings. The molecule has 2 aliphatic rings. The van der Waals surface area contributed by atoms with Crippen molar-refractivity contribution in [1.82, 2.24) is 9.80 Å². The molecule has 0 atom stereocenters. The van der Waals surface area contributed by atoms with Crippen molar-refractivity contribution in [3.8, 4) is 0 Å². The zero-order valence-electron chi connectivity index (χ0n) is 9.93. The highest BCUT2D eigenvalue weighted by Crippen LogP contribution is 2.18. The van der Waals surface area contributed by atoms with E-state index in [1.54, 1.807) is 0 Å². The molecule has 2 N–H and O–H groups in total. The maximum atomic E-state index is 11.7. The number of nitrogens with zero attached hydrogens (tertiary/aromatic N) is 2. The first kappa shape index (κ1) is 12.5. The highest BCUT2D eigenvalue weighted by Gasteiger charge is 2.34. The number of piperidine rings is 1. The molecule has 2 amide bonds. The molecule has 0 unspecified atom stereocenters. The fourth-order valence-electron chi connectivity index (χ4n) is 2.49. The average Bonchev–Trinajstić information content (AvgIpc) is 2.31. The monoisotopic (exact) mass is 241 g/mol. The van der Waals surface area contributed by atoms with Gasteiger partial charge in [-0.25, -0.2) is 0 Å². The summed E-state index contributed by atoms with van der Waals surface area (Å²) < 4.78 is 4.91. The van der Waals surface area contributed by atoms with E-state index in [0.29, 0.717) is 6.54 Å². The van der Waals surface area contributed by atoms with Crippen molar-refractivity contribution in [3.63, 3.8) is 0 Å². The molecule has 0 bridgehead atoms. The van der Waals surface area contributed by atoms with Gasteiger partial charge in [0.2, 0.25) is 0 Å². The Bertz CT molecular complexity index is 284. The normalized spacial score (nSPS) is 24.4. The van der Waals surface area contributed by atoms with Crippen LogP contribution in [0.3, 0.4) is 0 Å². The number of hydrogen-bond donors (Lipinski definition) is 1. The van der Waals surface area contributed by atoms with Gasteiger partial charge in [-0.2, -0.15) is 0 Å². The molecular formula is C11H19N3O3. The van der Waals surface area contributed by atoms with Crippen LogP contribution in [0.1, 0.15) is 12.8 Å². The molecule has 96 valence electrons. The van der Waals surface area contributed by atoms with E-state index in [2.05, 4.69) is 4.90 Å². The van der Waals surface area contributed by atoms with Crippen LogP contribution >= 0.6 is 0 Å². The van der Waals surface area contributed by atoms with E-state index in [4.69, 9.17) is 10.5 Å². The third kappa shape index (κ3) is 2.83. The van der Waals surface area contributed by atoms with Crippen molar-refractivity contribution >= 4 is 11.8 Å². The summed E-state index contributed by atoms with van der Waals surface area (Å²) in [6.07, 6.45) is 1.69. The van der Waals surface area contributed by atoms with Crippen LogP contribution in [0.15, 0.2) is 0 Å². The van der Waals surface area contributed by atoms with Crippen LogP contribution in [-0.4, -0.2) is 67.0 Å². The van der Waals surface area contributed by atoms with Crippen LogP contribution in [0.25, 0.3) is 0 Å². The minimum absolute atomic E-state index is 0.0365. The predicted molar refractivity (Wildman–Crippen MR) is 61.2 cm³/mol. The third-order valence-electron chi connectivity index (χ3n) is 3.36. The molecule has 2 fully saturated rings. The SMILES string of the molecule is NCCN1CCC(N2C(=O)COCC2=O)CC1. The number of nitrogens with two attached hydrogens (primary N) is 1. The molecule has 0 aromatic carbocycles. The van der Waals surface area contributed by atoms with Crippen molar-refractivity contribution in [2.24, 2.45) is 5.73 Å². The van der Waals surface area contributed by atoms with Crippen LogP contribution in [0.4, 0.5) is 0 Å². The Labute approximate surface area is 101 Å². The number of carbonyl (C=O) groups is 2. The summed E-state index contributed by atoms with van der Waals surface area (Å²) in [5.74, 6) is -0.392. The molecule has 2 aliphatic heterocycles. The molecule has 6 nitrogen and oxygen atoms in total. The van der Waals surface area contributed by atoms with Crippen LogP contribution in [0.2, 0.25) is 0 Å². The summed E-state index contributed by atoms with van der Waals surface area (Å²) in [4.78, 5) is 27.0. The molecule has 2 saturated heterocycles. The second kappa shape index (κ2) is 5.57. The Balaban J connectivity index is 1.91. The lowest BCUT2D eigenvalue weighted by atomic mass is 10.0. The molecule has 0 saturated carbocycles. The van der Waals surface area contributed by atoms with Gasteiger partial charge in [-0.05, 0) is 12.8 Å². The van der Waals surface area contributed by atoms with Crippen LogP contribution in [-0.2, 0) is 14.3 Å². The van der Waals surface area contributed by atoms with Gasteiger partial charge < -0.3 is 15.4 Å². The number of carbonyl (C=O) groups excluding carboxylic acids is 2. The van der Waals surface area contributed by atoms with E-state index in [0.717, 1.165) is 32.5 Å². The highest BCUT2D eigenvalue weighted by molar-refractivity contribution is 5.98. The first-order valence-electron chi connectivity index (χ1n) is 6.07. The highest BCUT2D eigenvalue weighted by atomic mass is 16.5. The van der Waals surface area contributed by atoms with Crippen molar-refractivity contribution in [1.29, 1.82) is 0 Å². The van der Waals surface area contributed by atoms with Crippen LogP contribution in [0, 0.1) is 0 Å². The molecule has 17 heavy (non-hydrogen) atoms. The quantitative estimate of drug-likeness (QED) is 0.628. The third-order valence-corrected chi connectivity index (χ3v) is 3.36. The van der Waals surface area contributed by atoms with Gasteiger partial charge in [0, 0.05) is 32.2 Å². The number of amides is 2. The predicted octanol–water partition coefficient (Wildman–Crippen LogP) is -1.21. The zero-order chi connectivity index (χ0) is 12.3. The lowest BCUT2D eigenvalue weighted by Gasteiger charge is -2.38. The molecule has 0 aromatic heterocycles. The Morgan fingerprint density at radius 1 is 1.18 bits per heavy atom. The molecular weight excluding hydrogens is 222 g/mol. The number of ether oxygens (including phenoxy) is 1. The minimum Gasteiger partial charge on any atom is -0.362 e. The Morgan fingerprint density at radius 3 is 2.29 bits per heavy atom. The summed E-state index contributed by atoms with van der Waals surface area (Å²) in [6.45, 7) is 3.42. The fourth-order valence-corrected chi connectivity index (χ4v) is 2.49. The number of hydrogen-bond acceptors (Lipinski definition) is 5. The van der Waals surface area contributed by atoms with E-state index in [-0.39, 0.29) is 31.1 Å². The number of rotatable bonds is 3. The Hall–Kier alpha value is -0.980. The smallest absolute Gasteiger partial charge is 0.255 e. The van der Waals surface area contributed by atoms with Gasteiger partial charge in [0.1, 0.15) is 13.2 Å². The molecule has 0 radical (unpaired) electrons. The summed E-state index contributed by atoms with van der Waals surface area (Å²) in [7, 11) is 0. The second-order valence-corrected chi connectivity index (χ2v) is 4.51. The summed E-state index contributed by atoms with van der Waals surface area (Å²) in [5, 5.41) is 0. The number of likely N-dealkylation sites (tertiary alicyclic amines) is 1. The lowest BCUT2D eigenvalue weighted by molar-refractivity contribution is -0.162. The average molecular weight is 241 g/mol. The van der Waals surface area contributed by atoms with Gasteiger partial charge in [0.25, 0.3) is 11.8 Å². The maximum absolute atomic E-state index is 11.7. The first-order valence-corrected chi connectivity index (χ1v) is 6.07. The zero-order valence-corrected chi connectivity index (χ0v) is 9.93. The first-order chi connectivity index (χ1) is 8.22. The lowest BCUT2D eigenvalue weighted by Crippen LogP contribution is -2.55. The fraction of sp³-hybridized carbons (Fsp3) is 0.818. The number of imide groups is 1. The van der Waals surface area contributed by atoms with Crippen molar-refractivity contribution in [2.45, 2.75) is 18.9 Å². The van der Waals surface area contributed by atoms with E-state index in [1.807, 2.05) is 0 Å². The summed E-state index contributed by atoms with van der Waals surface area (Å²) >= 11 is 0. The molecule has 2 heterocycles. The summed E-state index contributed by atoms with van der Waals surface area (Å²) in [6, 6.07) is 0.0490. The van der Waals surface area contributed by atoms with Crippen LogP contribution < -0.4 is 5.73 Å². The largest absolute Gasteiger partial charge is 0.362 e. The molecule has 0 spiro atoms. The van der Waals surface area contributed by atoms with Gasteiger partial charge in [-0.3, -0.25) is 14.5 Å². The Kier molecular flexibility index (Phi) is 4.09. The maximum Gasteiger partial charge on any atom is 0.255 e. The minimum atomic E-state index is -0.196. The van der Waals surface area contributed by atoms with E-state index in [1.165, 1.54) is 4.90 Å². The van der Waals surface area contributed by atoms with E-state index >= 15 is 0 Å². The van der Waals surface area contributed by atoms with E-state index < -0.39 is 0 Å². The van der Waals surface area contributed by atoms with Crippen molar-refractivity contribution in [2.75, 3.05) is 39.4 Å². The van der Waals surface area contributed by atoms with E-state index in [9.17, 15) is 9.59 Å². The van der Waals surface area contributed by atoms with Crippen LogP contribution in [0.5, 0.6) is 0 Å². The number of morpholine rings is 1. The van der Waals surface area contributed by atoms with Gasteiger partial charge in [-0.1, -0.05) is 0 Å². The van der Waals surface area contributed by atoms with Gasteiger partial charge >= 0.3 is 0 Å². The van der Waals surface area contributed by atoms with Gasteiger partial charge in [0.15, 0.2) is 0 Å². The second-order valence-electron chi connectivity index (χ2n) is 4.51. The summed E-state index contributed by atoms with van der Waals surface area (Å²) in [5.41, 5.74) is 5.50. The van der Waals surface area contributed by atoms with Crippen molar-refractivity contribution in [3.05, 3.63) is 0 Å². The Morgan fingerprint density at radius 2 is 1.76 bits per heavy atom. The van der Waals surface area contributed by atoms with Crippen molar-refractivity contribution < 1.29 is 14.3 Å². The molecule has 0 aliphatic carbocycles.